The largest absolute Gasteiger partial charge is 0.465 e. The fourth-order valence-corrected chi connectivity index (χ4v) is 3.86. The van der Waals surface area contributed by atoms with E-state index in [1.165, 1.54) is 7.11 Å². The van der Waals surface area contributed by atoms with Crippen molar-refractivity contribution in [3.05, 3.63) is 59.7 Å². The number of hydrogen-bond acceptors (Lipinski definition) is 4. The molecular formula is C22H25N3O3S. The van der Waals surface area contributed by atoms with E-state index in [2.05, 4.69) is 0 Å². The molecule has 1 saturated carbocycles. The molecular weight excluding hydrogens is 386 g/mol. The lowest BCUT2D eigenvalue weighted by Gasteiger charge is -2.37. The summed E-state index contributed by atoms with van der Waals surface area (Å²) in [6.45, 7) is 1.95. The number of anilines is 2. The van der Waals surface area contributed by atoms with Crippen molar-refractivity contribution in [2.75, 3.05) is 17.1 Å². The van der Waals surface area contributed by atoms with Crippen LogP contribution in [0, 0.1) is 12.8 Å². The van der Waals surface area contributed by atoms with Gasteiger partial charge in [0.05, 0.1) is 24.0 Å². The van der Waals surface area contributed by atoms with E-state index in [0.717, 1.165) is 36.9 Å². The lowest BCUT2D eigenvalue weighted by atomic mass is 10.1. The number of para-hydroxylation sites is 1. The van der Waals surface area contributed by atoms with Crippen LogP contribution in [0.15, 0.2) is 48.5 Å². The Morgan fingerprint density at radius 1 is 1.03 bits per heavy atom. The number of nitrogens with zero attached hydrogens (tertiary/aromatic N) is 2. The summed E-state index contributed by atoms with van der Waals surface area (Å²) in [5.41, 5.74) is 8.76. The maximum absolute atomic E-state index is 13.5. The summed E-state index contributed by atoms with van der Waals surface area (Å²) in [5.74, 6) is -0.529. The fraction of sp³-hybridized carbons (Fsp3) is 0.318. The van der Waals surface area contributed by atoms with Crippen LogP contribution in [-0.2, 0) is 9.53 Å². The third-order valence-corrected chi connectivity index (χ3v) is 5.37. The van der Waals surface area contributed by atoms with Gasteiger partial charge in [-0.25, -0.2) is 14.8 Å². The molecule has 1 aliphatic carbocycles. The molecule has 0 atom stereocenters. The van der Waals surface area contributed by atoms with E-state index in [4.69, 9.17) is 22.7 Å². The maximum Gasteiger partial charge on any atom is 0.337 e. The van der Waals surface area contributed by atoms with Gasteiger partial charge in [-0.3, -0.25) is 4.79 Å². The van der Waals surface area contributed by atoms with Crippen LogP contribution in [0.1, 0.15) is 41.6 Å². The number of hydrazine groups is 1. The molecule has 0 unspecified atom stereocenters. The number of benzene rings is 2. The quantitative estimate of drug-likeness (QED) is 0.466. The lowest BCUT2D eigenvalue weighted by molar-refractivity contribution is -0.122. The van der Waals surface area contributed by atoms with E-state index >= 15 is 0 Å². The van der Waals surface area contributed by atoms with Crippen molar-refractivity contribution in [1.29, 1.82) is 0 Å². The number of methoxy groups -OCH3 is 1. The summed E-state index contributed by atoms with van der Waals surface area (Å²) in [4.78, 5) is 25.3. The molecule has 1 aliphatic rings. The van der Waals surface area contributed by atoms with Crippen LogP contribution < -0.4 is 15.8 Å². The first-order valence-corrected chi connectivity index (χ1v) is 10.0. The number of rotatable bonds is 4. The molecule has 3 rings (SSSR count). The Morgan fingerprint density at radius 3 is 2.21 bits per heavy atom. The predicted octanol–water partition coefficient (Wildman–Crippen LogP) is 3.97. The normalized spacial score (nSPS) is 13.7. The third-order valence-electron chi connectivity index (χ3n) is 5.20. The number of carbonyl (C=O) groups excluding carboxylic acids is 2. The molecule has 0 saturated heterocycles. The Balaban J connectivity index is 2.07. The maximum atomic E-state index is 13.5. The highest BCUT2D eigenvalue weighted by atomic mass is 32.1. The summed E-state index contributed by atoms with van der Waals surface area (Å²) < 4.78 is 4.75. The fourth-order valence-electron chi connectivity index (χ4n) is 3.67. The Bertz CT molecular complexity index is 908. The number of ether oxygens (including phenoxy) is 1. The molecule has 0 radical (unpaired) electrons. The van der Waals surface area contributed by atoms with Crippen molar-refractivity contribution in [2.45, 2.75) is 32.6 Å². The molecule has 0 aliphatic heterocycles. The molecule has 29 heavy (non-hydrogen) atoms. The minimum absolute atomic E-state index is 0.0263. The first-order valence-electron chi connectivity index (χ1n) is 9.61. The number of esters is 1. The van der Waals surface area contributed by atoms with Gasteiger partial charge in [0.2, 0.25) is 5.91 Å². The average Bonchev–Trinajstić information content (AvgIpc) is 3.26. The van der Waals surface area contributed by atoms with Gasteiger partial charge in [0.1, 0.15) is 0 Å². The van der Waals surface area contributed by atoms with Gasteiger partial charge < -0.3 is 10.5 Å². The average molecular weight is 412 g/mol. The number of nitrogens with two attached hydrogens (primary N) is 1. The van der Waals surface area contributed by atoms with Gasteiger partial charge in [0, 0.05) is 5.92 Å². The zero-order valence-electron chi connectivity index (χ0n) is 16.6. The topological polar surface area (TPSA) is 75.9 Å². The summed E-state index contributed by atoms with van der Waals surface area (Å²) in [5, 5.41) is 3.17. The smallest absolute Gasteiger partial charge is 0.337 e. The van der Waals surface area contributed by atoms with Crippen molar-refractivity contribution in [2.24, 2.45) is 11.7 Å². The van der Waals surface area contributed by atoms with E-state index in [0.29, 0.717) is 11.3 Å². The standard InChI is InChI=1S/C22H25N3O3S/c1-15-7-3-6-10-19(15)25(20(26)16-8-4-5-9-16)24(22(23)29)18-13-11-17(12-14-18)21(27)28-2/h3,6-7,10-14,16H,4-5,8-9H2,1-2H3,(H2,23,29). The third kappa shape index (κ3) is 4.40. The van der Waals surface area contributed by atoms with Crippen LogP contribution in [0.3, 0.4) is 0 Å². The van der Waals surface area contributed by atoms with Crippen LogP contribution in [0.5, 0.6) is 0 Å². The second-order valence-corrected chi connectivity index (χ2v) is 7.52. The van der Waals surface area contributed by atoms with Crippen molar-refractivity contribution >= 4 is 40.6 Å². The van der Waals surface area contributed by atoms with E-state index < -0.39 is 5.97 Å². The monoisotopic (exact) mass is 411 g/mol. The van der Waals surface area contributed by atoms with Gasteiger partial charge in [-0.1, -0.05) is 31.0 Å². The minimum Gasteiger partial charge on any atom is -0.465 e. The Hall–Kier alpha value is -2.93. The highest BCUT2D eigenvalue weighted by Gasteiger charge is 2.34. The summed E-state index contributed by atoms with van der Waals surface area (Å²) in [6, 6.07) is 14.3. The van der Waals surface area contributed by atoms with Gasteiger partial charge in [-0.05, 0) is 67.9 Å². The second kappa shape index (κ2) is 9.05. The summed E-state index contributed by atoms with van der Waals surface area (Å²) >= 11 is 5.34. The molecule has 152 valence electrons. The molecule has 2 N–H and O–H groups in total. The van der Waals surface area contributed by atoms with E-state index in [1.807, 2.05) is 31.2 Å². The number of aryl methyl sites for hydroxylation is 1. The second-order valence-electron chi connectivity index (χ2n) is 7.11. The minimum atomic E-state index is -0.434. The first-order chi connectivity index (χ1) is 13.9. The van der Waals surface area contributed by atoms with Gasteiger partial charge >= 0.3 is 5.97 Å². The first kappa shape index (κ1) is 20.8. The number of amides is 1. The molecule has 2 aromatic carbocycles. The van der Waals surface area contributed by atoms with Crippen LogP contribution in [0.4, 0.5) is 11.4 Å². The summed E-state index contributed by atoms with van der Waals surface area (Å²) in [6.07, 6.45) is 3.79. The van der Waals surface area contributed by atoms with E-state index in [-0.39, 0.29) is 16.9 Å². The molecule has 2 aromatic rings. The zero-order chi connectivity index (χ0) is 21.0. The predicted molar refractivity (Wildman–Crippen MR) is 118 cm³/mol. The Morgan fingerprint density at radius 2 is 1.66 bits per heavy atom. The Kier molecular flexibility index (Phi) is 6.49. The van der Waals surface area contributed by atoms with Crippen molar-refractivity contribution < 1.29 is 14.3 Å². The summed E-state index contributed by atoms with van der Waals surface area (Å²) in [7, 11) is 1.33. The number of hydrogen-bond donors (Lipinski definition) is 1. The van der Waals surface area contributed by atoms with Crippen LogP contribution in [-0.4, -0.2) is 24.1 Å². The van der Waals surface area contributed by atoms with Crippen LogP contribution >= 0.6 is 12.2 Å². The van der Waals surface area contributed by atoms with Gasteiger partial charge in [0.15, 0.2) is 5.11 Å². The van der Waals surface area contributed by atoms with E-state index in [1.54, 1.807) is 34.3 Å². The molecule has 0 heterocycles. The molecule has 0 bridgehead atoms. The van der Waals surface area contributed by atoms with Crippen LogP contribution in [0.25, 0.3) is 0 Å². The van der Waals surface area contributed by atoms with Gasteiger partial charge in [-0.15, -0.1) is 0 Å². The highest BCUT2D eigenvalue weighted by Crippen LogP contribution is 2.32. The molecule has 1 fully saturated rings. The lowest BCUT2D eigenvalue weighted by Crippen LogP contribution is -2.54. The molecule has 6 nitrogen and oxygen atoms in total. The van der Waals surface area contributed by atoms with Gasteiger partial charge in [0.25, 0.3) is 0 Å². The van der Waals surface area contributed by atoms with Crippen LogP contribution in [0.2, 0.25) is 0 Å². The van der Waals surface area contributed by atoms with Crippen molar-refractivity contribution in [1.82, 2.24) is 0 Å². The zero-order valence-corrected chi connectivity index (χ0v) is 17.4. The SMILES string of the molecule is COC(=O)c1ccc(N(C(N)=S)N(C(=O)C2CCCC2)c2ccccc2C)cc1. The van der Waals surface area contributed by atoms with Crippen molar-refractivity contribution in [3.8, 4) is 0 Å². The number of thiocarbonyl (C=S) groups is 1. The molecule has 0 spiro atoms. The van der Waals surface area contributed by atoms with E-state index in [9.17, 15) is 9.59 Å². The number of carbonyl (C=O) groups is 2. The Labute approximate surface area is 176 Å². The van der Waals surface area contributed by atoms with Crippen molar-refractivity contribution in [3.63, 3.8) is 0 Å². The van der Waals surface area contributed by atoms with Gasteiger partial charge in [-0.2, -0.15) is 0 Å². The molecule has 0 aromatic heterocycles. The molecule has 7 heteroatoms. The molecule has 1 amide bonds. The highest BCUT2D eigenvalue weighted by molar-refractivity contribution is 7.80.